The van der Waals surface area contributed by atoms with Gasteiger partial charge in [0.15, 0.2) is 12.4 Å². The van der Waals surface area contributed by atoms with Gasteiger partial charge in [0.2, 0.25) is 5.91 Å². The fourth-order valence-electron chi connectivity index (χ4n) is 2.03. The molecule has 1 N–H and O–H groups in total. The van der Waals surface area contributed by atoms with Gasteiger partial charge in [0.25, 0.3) is 0 Å². The van der Waals surface area contributed by atoms with E-state index >= 15 is 0 Å². The van der Waals surface area contributed by atoms with Crippen LogP contribution in [0.3, 0.4) is 0 Å². The first kappa shape index (κ1) is 20.0. The molecule has 0 saturated carbocycles. The molecule has 0 atom stereocenters. The van der Waals surface area contributed by atoms with E-state index in [1.165, 1.54) is 18.7 Å². The molecule has 0 bridgehead atoms. The van der Waals surface area contributed by atoms with Gasteiger partial charge in [-0.1, -0.05) is 11.6 Å². The number of benzene rings is 2. The monoisotopic (exact) mass is 391 g/mol. The Morgan fingerprint density at radius 3 is 2.31 bits per heavy atom. The molecular formula is C19H18ClNO4S. The van der Waals surface area contributed by atoms with Gasteiger partial charge in [0.05, 0.1) is 6.42 Å². The van der Waals surface area contributed by atoms with Crippen molar-refractivity contribution in [3.05, 3.63) is 59.1 Å². The summed E-state index contributed by atoms with van der Waals surface area (Å²) in [4.78, 5) is 35.7. The average Bonchev–Trinajstić information content (AvgIpc) is 2.61. The third kappa shape index (κ3) is 6.90. The maximum absolute atomic E-state index is 12.0. The number of rotatable bonds is 8. The summed E-state index contributed by atoms with van der Waals surface area (Å²) >= 11 is 7.33. The van der Waals surface area contributed by atoms with E-state index in [2.05, 4.69) is 5.32 Å². The van der Waals surface area contributed by atoms with E-state index < -0.39 is 5.97 Å². The Morgan fingerprint density at radius 1 is 1.04 bits per heavy atom. The number of ketones is 1. The van der Waals surface area contributed by atoms with Crippen LogP contribution in [0, 0.1) is 0 Å². The van der Waals surface area contributed by atoms with Crippen molar-refractivity contribution in [2.75, 3.05) is 17.7 Å². The van der Waals surface area contributed by atoms with Crippen LogP contribution in [-0.4, -0.2) is 30.0 Å². The normalized spacial score (nSPS) is 10.2. The molecule has 2 aromatic carbocycles. The molecule has 1 amide bonds. The Kier molecular flexibility index (Phi) is 7.69. The van der Waals surface area contributed by atoms with Crippen molar-refractivity contribution >= 4 is 46.7 Å². The van der Waals surface area contributed by atoms with Gasteiger partial charge in [-0.2, -0.15) is 0 Å². The van der Waals surface area contributed by atoms with Gasteiger partial charge in [0.1, 0.15) is 0 Å². The first-order chi connectivity index (χ1) is 12.4. The number of halogens is 1. The zero-order valence-corrected chi connectivity index (χ0v) is 15.7. The van der Waals surface area contributed by atoms with Gasteiger partial charge in [0, 0.05) is 33.8 Å². The highest BCUT2D eigenvalue weighted by Gasteiger charge is 2.10. The lowest BCUT2D eigenvalue weighted by atomic mass is 10.1. The number of nitrogens with one attached hydrogen (secondary N) is 1. The minimum absolute atomic E-state index is 0.186. The number of carbonyl (C=O) groups is 3. The van der Waals surface area contributed by atoms with E-state index in [4.69, 9.17) is 16.3 Å². The van der Waals surface area contributed by atoms with Gasteiger partial charge in [-0.05, 0) is 48.5 Å². The number of thioether (sulfide) groups is 1. The van der Waals surface area contributed by atoms with Gasteiger partial charge in [-0.25, -0.2) is 0 Å². The van der Waals surface area contributed by atoms with E-state index in [-0.39, 0.29) is 24.7 Å². The molecule has 0 heterocycles. The summed E-state index contributed by atoms with van der Waals surface area (Å²) in [5.41, 5.74) is 1.02. The third-order valence-corrected chi connectivity index (χ3v) is 4.55. The van der Waals surface area contributed by atoms with Gasteiger partial charge >= 0.3 is 5.97 Å². The standard InChI is InChI=1S/C19H18ClNO4S/c1-13(22)21-16-6-2-14(3-7-16)18(23)12-25-19(24)10-11-26-17-8-4-15(20)5-9-17/h2-9H,10-12H2,1H3,(H,21,22). The number of amides is 1. The van der Waals surface area contributed by atoms with Gasteiger partial charge in [-0.3, -0.25) is 14.4 Å². The van der Waals surface area contributed by atoms with E-state index in [0.29, 0.717) is 22.0 Å². The molecule has 0 fully saturated rings. The van der Waals surface area contributed by atoms with Crippen LogP contribution in [0.5, 0.6) is 0 Å². The lowest BCUT2D eigenvalue weighted by Crippen LogP contribution is -2.14. The summed E-state index contributed by atoms with van der Waals surface area (Å²) < 4.78 is 5.02. The maximum Gasteiger partial charge on any atom is 0.307 e. The highest BCUT2D eigenvalue weighted by Crippen LogP contribution is 2.21. The number of Topliss-reactive ketones (excluding diaryl/α,β-unsaturated/α-hetero) is 1. The minimum Gasteiger partial charge on any atom is -0.457 e. The number of esters is 1. The summed E-state index contributed by atoms with van der Waals surface area (Å²) in [7, 11) is 0. The number of hydrogen-bond donors (Lipinski definition) is 1. The smallest absolute Gasteiger partial charge is 0.307 e. The van der Waals surface area contributed by atoms with Gasteiger partial charge in [-0.15, -0.1) is 11.8 Å². The Balaban J connectivity index is 1.71. The molecule has 0 spiro atoms. The SMILES string of the molecule is CC(=O)Nc1ccc(C(=O)COC(=O)CCSc2ccc(Cl)cc2)cc1. The van der Waals surface area contributed by atoms with Crippen molar-refractivity contribution in [1.29, 1.82) is 0 Å². The van der Waals surface area contributed by atoms with Crippen LogP contribution in [0.2, 0.25) is 5.02 Å². The van der Waals surface area contributed by atoms with Crippen molar-refractivity contribution in [1.82, 2.24) is 0 Å². The van der Waals surface area contributed by atoms with Crippen molar-refractivity contribution in [2.24, 2.45) is 0 Å². The molecule has 0 radical (unpaired) electrons. The molecule has 0 aliphatic rings. The highest BCUT2D eigenvalue weighted by atomic mass is 35.5. The average molecular weight is 392 g/mol. The van der Waals surface area contributed by atoms with Crippen LogP contribution < -0.4 is 5.32 Å². The number of ether oxygens (including phenoxy) is 1. The first-order valence-corrected chi connectivity index (χ1v) is 9.25. The van der Waals surface area contributed by atoms with E-state index in [9.17, 15) is 14.4 Å². The molecule has 5 nitrogen and oxygen atoms in total. The van der Waals surface area contributed by atoms with Crippen LogP contribution in [0.15, 0.2) is 53.4 Å². The largest absolute Gasteiger partial charge is 0.457 e. The predicted molar refractivity (Wildman–Crippen MR) is 103 cm³/mol. The summed E-state index contributed by atoms with van der Waals surface area (Å²) in [6.45, 7) is 1.10. The third-order valence-electron chi connectivity index (χ3n) is 3.28. The molecule has 7 heteroatoms. The Bertz CT molecular complexity index is 775. The summed E-state index contributed by atoms with van der Waals surface area (Å²) in [6, 6.07) is 13.8. The zero-order valence-electron chi connectivity index (χ0n) is 14.2. The van der Waals surface area contributed by atoms with Crippen molar-refractivity contribution < 1.29 is 19.1 Å². The second-order valence-electron chi connectivity index (χ2n) is 5.39. The highest BCUT2D eigenvalue weighted by molar-refractivity contribution is 7.99. The first-order valence-electron chi connectivity index (χ1n) is 7.89. The molecule has 0 aliphatic carbocycles. The summed E-state index contributed by atoms with van der Waals surface area (Å²) in [6.07, 6.45) is 0.210. The second-order valence-corrected chi connectivity index (χ2v) is 7.00. The fourth-order valence-corrected chi connectivity index (χ4v) is 2.99. The molecule has 0 saturated heterocycles. The second kappa shape index (κ2) is 9.99. The molecule has 0 aromatic heterocycles. The number of carbonyl (C=O) groups excluding carboxylic acids is 3. The van der Waals surface area contributed by atoms with Crippen LogP contribution in [0.4, 0.5) is 5.69 Å². The van der Waals surface area contributed by atoms with Crippen molar-refractivity contribution in [3.63, 3.8) is 0 Å². The Hall–Kier alpha value is -2.31. The molecule has 26 heavy (non-hydrogen) atoms. The van der Waals surface area contributed by atoms with E-state index in [1.807, 2.05) is 12.1 Å². The van der Waals surface area contributed by atoms with Crippen LogP contribution in [0.25, 0.3) is 0 Å². The molecule has 2 rings (SSSR count). The van der Waals surface area contributed by atoms with Crippen molar-refractivity contribution in [2.45, 2.75) is 18.2 Å². The summed E-state index contributed by atoms with van der Waals surface area (Å²) in [5.74, 6) is -0.345. The molecular weight excluding hydrogens is 374 g/mol. The van der Waals surface area contributed by atoms with E-state index in [1.54, 1.807) is 36.4 Å². The quantitative estimate of drug-likeness (QED) is 0.414. The van der Waals surface area contributed by atoms with Crippen molar-refractivity contribution in [3.8, 4) is 0 Å². The van der Waals surface area contributed by atoms with Crippen LogP contribution in [-0.2, 0) is 14.3 Å². The predicted octanol–water partition coefficient (Wildman–Crippen LogP) is 4.21. The van der Waals surface area contributed by atoms with Gasteiger partial charge < -0.3 is 10.1 Å². The zero-order chi connectivity index (χ0) is 18.9. The minimum atomic E-state index is -0.422. The fraction of sp³-hybridized carbons (Fsp3) is 0.211. The summed E-state index contributed by atoms with van der Waals surface area (Å²) in [5, 5.41) is 3.28. The molecule has 0 aliphatic heterocycles. The number of anilines is 1. The Morgan fingerprint density at radius 2 is 1.69 bits per heavy atom. The lowest BCUT2D eigenvalue weighted by Gasteiger charge is -2.06. The van der Waals surface area contributed by atoms with Crippen LogP contribution in [0.1, 0.15) is 23.7 Å². The lowest BCUT2D eigenvalue weighted by molar-refractivity contribution is -0.142. The maximum atomic E-state index is 12.0. The number of hydrogen-bond acceptors (Lipinski definition) is 5. The van der Waals surface area contributed by atoms with E-state index in [0.717, 1.165) is 4.90 Å². The molecule has 0 unspecified atom stereocenters. The topological polar surface area (TPSA) is 72.5 Å². The Labute approximate surface area is 161 Å². The molecule has 2 aromatic rings. The molecule has 136 valence electrons. The van der Waals surface area contributed by atoms with Crippen LogP contribution >= 0.6 is 23.4 Å².